The van der Waals surface area contributed by atoms with Gasteiger partial charge in [-0.1, -0.05) is 18.2 Å². The first-order valence-corrected chi connectivity index (χ1v) is 6.35. The second kappa shape index (κ2) is 5.40. The molecular formula is C16H13NO4. The molecule has 21 heavy (non-hydrogen) atoms. The van der Waals surface area contributed by atoms with Crippen molar-refractivity contribution in [3.8, 4) is 22.8 Å². The van der Waals surface area contributed by atoms with E-state index >= 15 is 0 Å². The maximum Gasteiger partial charge on any atom is 0.310 e. The van der Waals surface area contributed by atoms with E-state index in [0.29, 0.717) is 17.0 Å². The quantitative estimate of drug-likeness (QED) is 0.642. The highest BCUT2D eigenvalue weighted by molar-refractivity contribution is 5.83. The second-order valence-electron chi connectivity index (χ2n) is 4.51. The first kappa shape index (κ1) is 13.4. The normalized spacial score (nSPS) is 11.0. The van der Waals surface area contributed by atoms with Crippen LogP contribution in [0.1, 0.15) is 0 Å². The Morgan fingerprint density at radius 1 is 0.952 bits per heavy atom. The number of pyridine rings is 1. The minimum absolute atomic E-state index is 0.184. The Labute approximate surface area is 120 Å². The van der Waals surface area contributed by atoms with Crippen LogP contribution in [0, 0.1) is 0 Å². The first-order chi connectivity index (χ1) is 10.1. The molecule has 0 atom stereocenters. The predicted octanol–water partition coefficient (Wildman–Crippen LogP) is 2.25. The van der Waals surface area contributed by atoms with Crippen LogP contribution in [0.4, 0.5) is 0 Å². The molecule has 0 aliphatic rings. The van der Waals surface area contributed by atoms with Crippen molar-refractivity contribution >= 4 is 10.9 Å². The zero-order chi connectivity index (χ0) is 14.8. The molecule has 0 fully saturated rings. The zero-order valence-corrected chi connectivity index (χ0v) is 11.0. The van der Waals surface area contributed by atoms with Gasteiger partial charge in [-0.2, -0.15) is 0 Å². The molecule has 0 saturated carbocycles. The van der Waals surface area contributed by atoms with Gasteiger partial charge in [-0.25, -0.2) is 4.98 Å². The van der Waals surface area contributed by atoms with Gasteiger partial charge in [0.25, 0.3) is 0 Å². The summed E-state index contributed by atoms with van der Waals surface area (Å²) in [6.07, 6.45) is 0. The van der Waals surface area contributed by atoms with Crippen molar-refractivity contribution in [2.45, 2.75) is 6.48 Å². The fraction of sp³-hybridized carbons (Fsp3) is 0.0625. The van der Waals surface area contributed by atoms with Gasteiger partial charge in [0.2, 0.25) is 0 Å². The number of hydrogen-bond donors (Lipinski definition) is 3. The molecule has 3 aromatic rings. The SMILES string of the molecule is Oc1ccc2nc(-c3ccccc3OC(O)O)ccc2c1. The number of nitrogens with zero attached hydrogens (tertiary/aromatic N) is 1. The largest absolute Gasteiger partial charge is 0.508 e. The number of fused-ring (bicyclic) bond motifs is 1. The number of rotatable bonds is 3. The van der Waals surface area contributed by atoms with Gasteiger partial charge in [0.1, 0.15) is 11.5 Å². The van der Waals surface area contributed by atoms with Crippen LogP contribution >= 0.6 is 0 Å². The summed E-state index contributed by atoms with van der Waals surface area (Å²) >= 11 is 0. The third kappa shape index (κ3) is 2.79. The fourth-order valence-corrected chi connectivity index (χ4v) is 2.16. The lowest BCUT2D eigenvalue weighted by molar-refractivity contribution is -0.179. The summed E-state index contributed by atoms with van der Waals surface area (Å²) in [6.45, 7) is -1.89. The van der Waals surface area contributed by atoms with E-state index in [-0.39, 0.29) is 5.75 Å². The van der Waals surface area contributed by atoms with E-state index < -0.39 is 6.48 Å². The highest BCUT2D eigenvalue weighted by atomic mass is 16.7. The minimum atomic E-state index is -1.89. The van der Waals surface area contributed by atoms with Crippen molar-refractivity contribution in [3.63, 3.8) is 0 Å². The number of aromatic hydroxyl groups is 1. The molecule has 0 aliphatic carbocycles. The van der Waals surface area contributed by atoms with Crippen LogP contribution in [0.2, 0.25) is 0 Å². The molecule has 106 valence electrons. The van der Waals surface area contributed by atoms with Crippen molar-refractivity contribution in [2.75, 3.05) is 0 Å². The van der Waals surface area contributed by atoms with Crippen molar-refractivity contribution < 1.29 is 20.1 Å². The van der Waals surface area contributed by atoms with E-state index in [1.807, 2.05) is 12.1 Å². The van der Waals surface area contributed by atoms with Gasteiger partial charge >= 0.3 is 6.48 Å². The number of phenols is 1. The smallest absolute Gasteiger partial charge is 0.310 e. The molecule has 0 aliphatic heterocycles. The van der Waals surface area contributed by atoms with E-state index in [1.54, 1.807) is 42.5 Å². The number of aliphatic hydroxyl groups excluding tert-OH is 1. The van der Waals surface area contributed by atoms with E-state index in [9.17, 15) is 5.11 Å². The van der Waals surface area contributed by atoms with E-state index in [4.69, 9.17) is 14.9 Å². The molecule has 0 bridgehead atoms. The molecule has 0 spiro atoms. The molecule has 5 heteroatoms. The van der Waals surface area contributed by atoms with Crippen molar-refractivity contribution in [1.29, 1.82) is 0 Å². The number of hydrogen-bond acceptors (Lipinski definition) is 5. The zero-order valence-electron chi connectivity index (χ0n) is 11.0. The molecule has 2 aromatic carbocycles. The van der Waals surface area contributed by atoms with E-state index in [0.717, 1.165) is 10.9 Å². The van der Waals surface area contributed by atoms with Gasteiger partial charge < -0.3 is 20.1 Å². The number of ether oxygens (including phenoxy) is 1. The lowest BCUT2D eigenvalue weighted by Crippen LogP contribution is -2.14. The molecule has 0 radical (unpaired) electrons. The standard InChI is InChI=1S/C16H13NO4/c18-11-6-8-13-10(9-11)5-7-14(17-13)12-3-1-2-4-15(12)21-16(19)20/h1-9,16,18-20H. The van der Waals surface area contributed by atoms with E-state index in [1.165, 1.54) is 0 Å². The first-order valence-electron chi connectivity index (χ1n) is 6.35. The molecule has 3 rings (SSSR count). The fourth-order valence-electron chi connectivity index (χ4n) is 2.16. The van der Waals surface area contributed by atoms with Gasteiger partial charge in [-0.05, 0) is 36.4 Å². The van der Waals surface area contributed by atoms with Crippen LogP contribution in [0.15, 0.2) is 54.6 Å². The Morgan fingerprint density at radius 2 is 1.76 bits per heavy atom. The van der Waals surface area contributed by atoms with Crippen LogP contribution in [-0.2, 0) is 0 Å². The summed E-state index contributed by atoms with van der Waals surface area (Å²) < 4.78 is 4.96. The molecule has 3 N–H and O–H groups in total. The highest BCUT2D eigenvalue weighted by Crippen LogP contribution is 2.30. The Kier molecular flexibility index (Phi) is 3.43. The lowest BCUT2D eigenvalue weighted by atomic mass is 10.1. The summed E-state index contributed by atoms with van der Waals surface area (Å²) in [5, 5.41) is 28.2. The number of aliphatic hydroxyl groups is 2. The Hall–Kier alpha value is -2.63. The summed E-state index contributed by atoms with van der Waals surface area (Å²) in [4.78, 5) is 4.50. The summed E-state index contributed by atoms with van der Waals surface area (Å²) in [7, 11) is 0. The maximum atomic E-state index is 9.46. The number of para-hydroxylation sites is 1. The average Bonchev–Trinajstić information content (AvgIpc) is 2.47. The van der Waals surface area contributed by atoms with Crippen LogP contribution < -0.4 is 4.74 Å². The maximum absolute atomic E-state index is 9.46. The van der Waals surface area contributed by atoms with Gasteiger partial charge in [0.15, 0.2) is 0 Å². The molecule has 5 nitrogen and oxygen atoms in total. The third-order valence-electron chi connectivity index (χ3n) is 3.07. The van der Waals surface area contributed by atoms with Gasteiger partial charge in [-0.3, -0.25) is 0 Å². The van der Waals surface area contributed by atoms with Gasteiger partial charge in [0.05, 0.1) is 11.2 Å². The van der Waals surface area contributed by atoms with Crippen molar-refractivity contribution in [2.24, 2.45) is 0 Å². The van der Waals surface area contributed by atoms with Gasteiger partial charge in [-0.15, -0.1) is 0 Å². The average molecular weight is 283 g/mol. The van der Waals surface area contributed by atoms with Crippen LogP contribution in [0.25, 0.3) is 22.2 Å². The predicted molar refractivity (Wildman–Crippen MR) is 77.7 cm³/mol. The molecular weight excluding hydrogens is 270 g/mol. The number of phenolic OH excluding ortho intramolecular Hbond substituents is 1. The lowest BCUT2D eigenvalue weighted by Gasteiger charge is -2.12. The minimum Gasteiger partial charge on any atom is -0.508 e. The summed E-state index contributed by atoms with van der Waals surface area (Å²) in [6, 6.07) is 15.5. The molecule has 0 unspecified atom stereocenters. The van der Waals surface area contributed by atoms with Crippen molar-refractivity contribution in [3.05, 3.63) is 54.6 Å². The van der Waals surface area contributed by atoms with Crippen LogP contribution in [0.3, 0.4) is 0 Å². The number of benzene rings is 2. The van der Waals surface area contributed by atoms with Crippen LogP contribution in [0.5, 0.6) is 11.5 Å². The topological polar surface area (TPSA) is 82.8 Å². The molecule has 0 amide bonds. The summed E-state index contributed by atoms with van der Waals surface area (Å²) in [5.41, 5.74) is 2.02. The van der Waals surface area contributed by atoms with Gasteiger partial charge in [0, 0.05) is 10.9 Å². The second-order valence-corrected chi connectivity index (χ2v) is 4.51. The Balaban J connectivity index is 2.10. The highest BCUT2D eigenvalue weighted by Gasteiger charge is 2.10. The Bertz CT molecular complexity index is 786. The molecule has 1 aromatic heterocycles. The molecule has 1 heterocycles. The third-order valence-corrected chi connectivity index (χ3v) is 3.07. The number of aromatic nitrogens is 1. The van der Waals surface area contributed by atoms with Crippen molar-refractivity contribution in [1.82, 2.24) is 4.98 Å². The van der Waals surface area contributed by atoms with E-state index in [2.05, 4.69) is 4.98 Å². The molecule has 0 saturated heterocycles. The summed E-state index contributed by atoms with van der Waals surface area (Å²) in [5.74, 6) is 0.516. The van der Waals surface area contributed by atoms with Crippen LogP contribution in [-0.4, -0.2) is 26.8 Å². The monoisotopic (exact) mass is 283 g/mol. The Morgan fingerprint density at radius 3 is 2.57 bits per heavy atom.